The summed E-state index contributed by atoms with van der Waals surface area (Å²) in [5.74, 6) is 0.0273. The number of hydrogen-bond acceptors (Lipinski definition) is 8. The topological polar surface area (TPSA) is 101 Å². The van der Waals surface area contributed by atoms with Crippen molar-refractivity contribution in [2.75, 3.05) is 14.2 Å². The molecule has 0 fully saturated rings. The molecule has 0 saturated heterocycles. The van der Waals surface area contributed by atoms with Crippen LogP contribution in [-0.2, 0) is 11.3 Å². The van der Waals surface area contributed by atoms with Gasteiger partial charge in [-0.05, 0) is 36.4 Å². The summed E-state index contributed by atoms with van der Waals surface area (Å²) >= 11 is 5.85. The molecule has 0 N–H and O–H groups in total. The van der Waals surface area contributed by atoms with Gasteiger partial charge in [-0.2, -0.15) is 4.98 Å². The second-order valence-electron chi connectivity index (χ2n) is 5.48. The maximum absolute atomic E-state index is 12.5. The highest BCUT2D eigenvalue weighted by Crippen LogP contribution is 2.33. The maximum Gasteiger partial charge on any atom is 0.343 e. The highest BCUT2D eigenvalue weighted by Gasteiger charge is 2.23. The molecule has 0 aliphatic heterocycles. The summed E-state index contributed by atoms with van der Waals surface area (Å²) in [6.07, 6.45) is 0.532. The standard InChI is InChI=1S/C19H15ClN2O6/c1-25-14-8-5-12(9-23)16(17(14)26-2)19(24)27-10-15-21-18(22-28-15)11-3-6-13(20)7-4-11/h3-9H,10H2,1-2H3. The molecule has 3 rings (SSSR count). The zero-order valence-corrected chi connectivity index (χ0v) is 15.7. The quantitative estimate of drug-likeness (QED) is 0.436. The first-order valence-electron chi connectivity index (χ1n) is 8.03. The third kappa shape index (κ3) is 3.96. The second-order valence-corrected chi connectivity index (χ2v) is 5.91. The zero-order valence-electron chi connectivity index (χ0n) is 15.0. The lowest BCUT2D eigenvalue weighted by atomic mass is 10.1. The van der Waals surface area contributed by atoms with Crippen LogP contribution in [0.3, 0.4) is 0 Å². The third-order valence-corrected chi connectivity index (χ3v) is 4.06. The van der Waals surface area contributed by atoms with E-state index in [2.05, 4.69) is 10.1 Å². The van der Waals surface area contributed by atoms with Crippen LogP contribution in [0.4, 0.5) is 0 Å². The van der Waals surface area contributed by atoms with Gasteiger partial charge in [0.25, 0.3) is 5.89 Å². The Hall–Kier alpha value is -3.39. The Morgan fingerprint density at radius 1 is 1.14 bits per heavy atom. The predicted octanol–water partition coefficient (Wildman–Crippen LogP) is 3.58. The van der Waals surface area contributed by atoms with Crippen molar-refractivity contribution in [2.45, 2.75) is 6.61 Å². The Balaban J connectivity index is 1.78. The maximum atomic E-state index is 12.5. The number of aldehydes is 1. The minimum atomic E-state index is -0.788. The van der Waals surface area contributed by atoms with E-state index in [4.69, 9.17) is 30.3 Å². The Bertz CT molecular complexity index is 1000. The molecule has 2 aromatic carbocycles. The first-order chi connectivity index (χ1) is 13.6. The molecular weight excluding hydrogens is 388 g/mol. The first kappa shape index (κ1) is 19.4. The fourth-order valence-corrected chi connectivity index (χ4v) is 2.61. The van der Waals surface area contributed by atoms with Gasteiger partial charge in [0.1, 0.15) is 5.56 Å². The summed E-state index contributed by atoms with van der Waals surface area (Å²) in [6.45, 7) is -0.280. The van der Waals surface area contributed by atoms with Gasteiger partial charge in [0.05, 0.1) is 14.2 Å². The Labute approximate surface area is 165 Å². The summed E-state index contributed by atoms with van der Waals surface area (Å²) in [5, 5.41) is 4.42. The molecule has 0 spiro atoms. The van der Waals surface area contributed by atoms with Crippen molar-refractivity contribution in [1.82, 2.24) is 10.1 Å². The molecule has 0 aliphatic carbocycles. The molecule has 144 valence electrons. The van der Waals surface area contributed by atoms with E-state index >= 15 is 0 Å². The smallest absolute Gasteiger partial charge is 0.343 e. The Kier molecular flexibility index (Phi) is 5.90. The number of carbonyl (C=O) groups is 2. The summed E-state index contributed by atoms with van der Waals surface area (Å²) in [6, 6.07) is 9.83. The predicted molar refractivity (Wildman–Crippen MR) is 98.8 cm³/mol. The van der Waals surface area contributed by atoms with Crippen molar-refractivity contribution in [3.05, 3.63) is 58.4 Å². The van der Waals surface area contributed by atoms with Crippen LogP contribution >= 0.6 is 11.6 Å². The highest BCUT2D eigenvalue weighted by molar-refractivity contribution is 6.30. The molecule has 9 heteroatoms. The van der Waals surface area contributed by atoms with Crippen LogP contribution in [0.25, 0.3) is 11.4 Å². The SMILES string of the molecule is COc1ccc(C=O)c(C(=O)OCc2nc(-c3ccc(Cl)cc3)no2)c1OC. The summed E-state index contributed by atoms with van der Waals surface area (Å²) in [4.78, 5) is 28.0. The highest BCUT2D eigenvalue weighted by atomic mass is 35.5. The van der Waals surface area contributed by atoms with E-state index in [0.29, 0.717) is 28.4 Å². The largest absolute Gasteiger partial charge is 0.493 e. The number of ether oxygens (including phenoxy) is 3. The molecule has 0 radical (unpaired) electrons. The number of halogens is 1. The third-order valence-electron chi connectivity index (χ3n) is 3.81. The molecule has 0 saturated carbocycles. The fourth-order valence-electron chi connectivity index (χ4n) is 2.48. The first-order valence-corrected chi connectivity index (χ1v) is 8.41. The van der Waals surface area contributed by atoms with Gasteiger partial charge in [-0.3, -0.25) is 4.79 Å². The molecule has 28 heavy (non-hydrogen) atoms. The van der Waals surface area contributed by atoms with Crippen molar-refractivity contribution in [3.63, 3.8) is 0 Å². The van der Waals surface area contributed by atoms with Crippen LogP contribution < -0.4 is 9.47 Å². The number of benzene rings is 2. The molecule has 0 atom stereocenters. The molecule has 0 aliphatic rings. The van der Waals surface area contributed by atoms with Gasteiger partial charge in [-0.25, -0.2) is 4.79 Å². The van der Waals surface area contributed by atoms with Gasteiger partial charge >= 0.3 is 5.97 Å². The van der Waals surface area contributed by atoms with E-state index in [9.17, 15) is 9.59 Å². The van der Waals surface area contributed by atoms with Crippen molar-refractivity contribution in [2.24, 2.45) is 0 Å². The van der Waals surface area contributed by atoms with E-state index in [-0.39, 0.29) is 29.4 Å². The van der Waals surface area contributed by atoms with Crippen LogP contribution in [0.1, 0.15) is 26.6 Å². The number of methoxy groups -OCH3 is 2. The van der Waals surface area contributed by atoms with Crippen molar-refractivity contribution >= 4 is 23.9 Å². The van der Waals surface area contributed by atoms with E-state index in [1.165, 1.54) is 26.4 Å². The number of rotatable bonds is 7. The molecule has 8 nitrogen and oxygen atoms in total. The van der Waals surface area contributed by atoms with E-state index in [1.54, 1.807) is 24.3 Å². The number of nitrogens with zero attached hydrogens (tertiary/aromatic N) is 2. The van der Waals surface area contributed by atoms with Gasteiger partial charge < -0.3 is 18.7 Å². The minimum Gasteiger partial charge on any atom is -0.493 e. The summed E-state index contributed by atoms with van der Waals surface area (Å²) < 4.78 is 20.7. The lowest BCUT2D eigenvalue weighted by Crippen LogP contribution is -2.11. The second kappa shape index (κ2) is 8.53. The Morgan fingerprint density at radius 3 is 2.54 bits per heavy atom. The van der Waals surface area contributed by atoms with Crippen LogP contribution in [0.2, 0.25) is 5.02 Å². The lowest BCUT2D eigenvalue weighted by Gasteiger charge is -2.13. The van der Waals surface area contributed by atoms with Gasteiger partial charge in [-0.1, -0.05) is 16.8 Å². The minimum absolute atomic E-state index is 0.0470. The number of aromatic nitrogens is 2. The van der Waals surface area contributed by atoms with Crippen LogP contribution in [0, 0.1) is 0 Å². The number of hydrogen-bond donors (Lipinski definition) is 0. The normalized spacial score (nSPS) is 10.4. The molecule has 0 unspecified atom stereocenters. The van der Waals surface area contributed by atoms with Crippen molar-refractivity contribution in [1.29, 1.82) is 0 Å². The molecule has 1 aromatic heterocycles. The fraction of sp³-hybridized carbons (Fsp3) is 0.158. The van der Waals surface area contributed by atoms with Gasteiger partial charge in [0.2, 0.25) is 5.82 Å². The summed E-state index contributed by atoms with van der Waals surface area (Å²) in [5.41, 5.74) is 0.757. The lowest BCUT2D eigenvalue weighted by molar-refractivity contribution is 0.0423. The summed E-state index contributed by atoms with van der Waals surface area (Å²) in [7, 11) is 2.78. The van der Waals surface area contributed by atoms with Crippen LogP contribution in [-0.4, -0.2) is 36.6 Å². The average molecular weight is 403 g/mol. The van der Waals surface area contributed by atoms with Gasteiger partial charge in [0.15, 0.2) is 24.4 Å². The monoisotopic (exact) mass is 402 g/mol. The Morgan fingerprint density at radius 2 is 1.89 bits per heavy atom. The van der Waals surface area contributed by atoms with Crippen molar-refractivity contribution < 1.29 is 28.3 Å². The van der Waals surface area contributed by atoms with Gasteiger partial charge in [0, 0.05) is 16.1 Å². The van der Waals surface area contributed by atoms with Crippen LogP contribution in [0.15, 0.2) is 40.9 Å². The van der Waals surface area contributed by atoms with E-state index in [1.807, 2.05) is 0 Å². The zero-order chi connectivity index (χ0) is 20.1. The number of carbonyl (C=O) groups excluding carboxylic acids is 2. The number of esters is 1. The van der Waals surface area contributed by atoms with E-state index in [0.717, 1.165) is 0 Å². The van der Waals surface area contributed by atoms with Crippen molar-refractivity contribution in [3.8, 4) is 22.9 Å². The van der Waals surface area contributed by atoms with E-state index < -0.39 is 5.97 Å². The molecule has 3 aromatic rings. The van der Waals surface area contributed by atoms with Crippen LogP contribution in [0.5, 0.6) is 11.5 Å². The molecule has 1 heterocycles. The molecular formula is C19H15ClN2O6. The average Bonchev–Trinajstić information content (AvgIpc) is 3.20. The molecule has 0 amide bonds. The van der Waals surface area contributed by atoms with Gasteiger partial charge in [-0.15, -0.1) is 0 Å². The molecule has 0 bridgehead atoms.